The summed E-state index contributed by atoms with van der Waals surface area (Å²) in [5, 5.41) is 4.90. The van der Waals surface area contributed by atoms with E-state index in [1.165, 1.54) is 0 Å². The molecule has 0 spiro atoms. The van der Waals surface area contributed by atoms with Gasteiger partial charge >= 0.3 is 0 Å². The summed E-state index contributed by atoms with van der Waals surface area (Å²) in [6.07, 6.45) is 3.67. The van der Waals surface area contributed by atoms with Gasteiger partial charge in [0.1, 0.15) is 10.8 Å². The summed E-state index contributed by atoms with van der Waals surface area (Å²) in [5.74, 6) is 0. The van der Waals surface area contributed by atoms with Crippen LogP contribution in [0.2, 0.25) is 5.02 Å². The lowest BCUT2D eigenvalue weighted by atomic mass is 10.0. The first kappa shape index (κ1) is 17.3. The van der Waals surface area contributed by atoms with E-state index in [9.17, 15) is 4.55 Å². The minimum atomic E-state index is -1.20. The molecule has 0 aliphatic heterocycles. The number of nitrogens with one attached hydrogen (secondary N) is 1. The van der Waals surface area contributed by atoms with Crippen molar-refractivity contribution in [2.24, 2.45) is 0 Å². The molecule has 0 amide bonds. The number of halogens is 1. The van der Waals surface area contributed by atoms with E-state index in [2.05, 4.69) is 15.9 Å². The highest BCUT2D eigenvalue weighted by Gasteiger charge is 2.30. The average molecular weight is 362 g/mol. The Balaban J connectivity index is 2.01. The molecule has 0 saturated carbocycles. The molecule has 0 aliphatic carbocycles. The van der Waals surface area contributed by atoms with Gasteiger partial charge in [0.25, 0.3) is 0 Å². The van der Waals surface area contributed by atoms with Crippen LogP contribution in [0.5, 0.6) is 0 Å². The molecular formula is C18H20ClN3OS. The van der Waals surface area contributed by atoms with Crippen LogP contribution in [0.4, 0.5) is 0 Å². The maximum Gasteiger partial charge on any atom is 0.136 e. The largest absolute Gasteiger partial charge is 0.598 e. The third kappa shape index (κ3) is 3.75. The summed E-state index contributed by atoms with van der Waals surface area (Å²) in [4.78, 5) is 0. The Morgan fingerprint density at radius 2 is 1.83 bits per heavy atom. The number of pyridine rings is 1. The van der Waals surface area contributed by atoms with Gasteiger partial charge in [-0.25, -0.2) is 4.52 Å². The fraction of sp³-hybridized carbons (Fsp3) is 0.278. The van der Waals surface area contributed by atoms with Crippen LogP contribution in [0.3, 0.4) is 0 Å². The lowest BCUT2D eigenvalue weighted by Gasteiger charge is -2.28. The van der Waals surface area contributed by atoms with E-state index in [0.717, 1.165) is 16.6 Å². The number of aromatic nitrogens is 2. The summed E-state index contributed by atoms with van der Waals surface area (Å²) < 4.78 is 17.4. The molecule has 1 aromatic carbocycles. The minimum Gasteiger partial charge on any atom is -0.598 e. The maximum absolute atomic E-state index is 12.7. The van der Waals surface area contributed by atoms with E-state index >= 15 is 0 Å². The third-order valence-corrected chi connectivity index (χ3v) is 5.56. The molecule has 1 unspecified atom stereocenters. The van der Waals surface area contributed by atoms with Gasteiger partial charge in [0.05, 0.1) is 5.52 Å². The highest BCUT2D eigenvalue weighted by atomic mass is 35.5. The topological polar surface area (TPSA) is 52.4 Å². The Labute approximate surface area is 150 Å². The highest BCUT2D eigenvalue weighted by molar-refractivity contribution is 7.90. The van der Waals surface area contributed by atoms with E-state index in [1.807, 2.05) is 67.9 Å². The molecule has 24 heavy (non-hydrogen) atoms. The number of nitrogens with zero attached hydrogens (tertiary/aromatic N) is 2. The fourth-order valence-corrected chi connectivity index (χ4v) is 3.35. The molecule has 2 atom stereocenters. The van der Waals surface area contributed by atoms with Crippen LogP contribution in [-0.4, -0.2) is 18.9 Å². The van der Waals surface area contributed by atoms with Crippen molar-refractivity contribution in [1.29, 1.82) is 0 Å². The minimum absolute atomic E-state index is 0.192. The standard InChI is InChI=1S/C18H20ClN3OS/c1-18(2,3)24(23)21-17(13-4-6-15(19)7-5-13)14-9-11-22-16(12-14)8-10-20-22/h4-12,17,21H,1-3H3/t17?,24-/m1/s1. The summed E-state index contributed by atoms with van der Waals surface area (Å²) in [6, 6.07) is 13.4. The molecule has 126 valence electrons. The Morgan fingerprint density at radius 1 is 1.12 bits per heavy atom. The van der Waals surface area contributed by atoms with E-state index in [0.29, 0.717) is 5.02 Å². The Bertz CT molecular complexity index is 826. The van der Waals surface area contributed by atoms with Crippen LogP contribution in [0.1, 0.15) is 37.9 Å². The summed E-state index contributed by atoms with van der Waals surface area (Å²) in [6.45, 7) is 5.86. The van der Waals surface area contributed by atoms with Crippen molar-refractivity contribution in [3.63, 3.8) is 0 Å². The monoisotopic (exact) mass is 361 g/mol. The van der Waals surface area contributed by atoms with Crippen LogP contribution in [0, 0.1) is 0 Å². The number of fused-ring (bicyclic) bond motifs is 1. The fourth-order valence-electron chi connectivity index (χ4n) is 2.39. The maximum atomic E-state index is 12.7. The molecule has 3 rings (SSSR count). The summed E-state index contributed by atoms with van der Waals surface area (Å²) in [7, 11) is 0. The van der Waals surface area contributed by atoms with Gasteiger partial charge in [0, 0.05) is 28.8 Å². The first-order valence-corrected chi connectivity index (χ1v) is 9.24. The van der Waals surface area contributed by atoms with E-state index in [4.69, 9.17) is 11.6 Å². The van der Waals surface area contributed by atoms with E-state index < -0.39 is 11.4 Å². The van der Waals surface area contributed by atoms with Crippen molar-refractivity contribution in [3.05, 3.63) is 71.0 Å². The zero-order valence-electron chi connectivity index (χ0n) is 13.9. The van der Waals surface area contributed by atoms with Gasteiger partial charge < -0.3 is 4.55 Å². The van der Waals surface area contributed by atoms with Crippen molar-refractivity contribution >= 4 is 28.5 Å². The highest BCUT2D eigenvalue weighted by Crippen LogP contribution is 2.27. The Hall–Kier alpha value is -1.53. The number of rotatable bonds is 4. The van der Waals surface area contributed by atoms with Crippen molar-refractivity contribution in [3.8, 4) is 0 Å². The number of hydrogen-bond acceptors (Lipinski definition) is 3. The lowest BCUT2D eigenvalue weighted by molar-refractivity contribution is 0.535. The van der Waals surface area contributed by atoms with Crippen molar-refractivity contribution in [1.82, 2.24) is 14.3 Å². The summed E-state index contributed by atoms with van der Waals surface area (Å²) >= 11 is 4.81. The van der Waals surface area contributed by atoms with Gasteiger partial charge in [-0.2, -0.15) is 5.10 Å². The van der Waals surface area contributed by atoms with Crippen LogP contribution in [0.15, 0.2) is 54.9 Å². The quantitative estimate of drug-likeness (QED) is 0.711. The third-order valence-electron chi connectivity index (χ3n) is 3.74. The molecule has 0 bridgehead atoms. The first-order chi connectivity index (χ1) is 11.3. The molecule has 6 heteroatoms. The summed E-state index contributed by atoms with van der Waals surface area (Å²) in [5.41, 5.74) is 3.04. The van der Waals surface area contributed by atoms with Gasteiger partial charge in [0.2, 0.25) is 0 Å². The molecule has 2 heterocycles. The second kappa shape index (κ2) is 6.76. The van der Waals surface area contributed by atoms with Gasteiger partial charge in [0.15, 0.2) is 0 Å². The SMILES string of the molecule is CC(C)(C)[S@@+]([O-])NC(c1ccc(Cl)cc1)c1ccn2nccc2c1. The second-order valence-corrected chi connectivity index (χ2v) is 9.08. The predicted molar refractivity (Wildman–Crippen MR) is 99.5 cm³/mol. The zero-order chi connectivity index (χ0) is 17.3. The number of hydrogen-bond donors (Lipinski definition) is 1. The van der Waals surface area contributed by atoms with Crippen molar-refractivity contribution in [2.45, 2.75) is 31.6 Å². The molecule has 3 aromatic rings. The smallest absolute Gasteiger partial charge is 0.136 e. The van der Waals surface area contributed by atoms with Gasteiger partial charge in [-0.05, 0) is 62.2 Å². The van der Waals surface area contributed by atoms with Crippen LogP contribution >= 0.6 is 11.6 Å². The molecule has 2 aromatic heterocycles. The van der Waals surface area contributed by atoms with E-state index in [-0.39, 0.29) is 10.8 Å². The molecule has 4 nitrogen and oxygen atoms in total. The van der Waals surface area contributed by atoms with Crippen LogP contribution in [-0.2, 0) is 11.4 Å². The molecule has 0 aliphatic rings. The molecular weight excluding hydrogens is 342 g/mol. The molecule has 0 fully saturated rings. The normalized spacial score (nSPS) is 14.7. The van der Waals surface area contributed by atoms with Crippen LogP contribution in [0.25, 0.3) is 5.52 Å². The van der Waals surface area contributed by atoms with E-state index in [1.54, 1.807) is 6.20 Å². The van der Waals surface area contributed by atoms with Gasteiger partial charge in [-0.3, -0.25) is 0 Å². The Kier molecular flexibility index (Phi) is 4.88. The predicted octanol–water partition coefficient (Wildman–Crippen LogP) is 4.13. The zero-order valence-corrected chi connectivity index (χ0v) is 15.4. The first-order valence-electron chi connectivity index (χ1n) is 7.71. The van der Waals surface area contributed by atoms with Gasteiger partial charge in [-0.1, -0.05) is 23.7 Å². The Morgan fingerprint density at radius 3 is 2.50 bits per heavy atom. The van der Waals surface area contributed by atoms with Crippen LogP contribution < -0.4 is 4.72 Å². The molecule has 0 radical (unpaired) electrons. The van der Waals surface area contributed by atoms with Crippen molar-refractivity contribution < 1.29 is 4.55 Å². The second-order valence-electron chi connectivity index (χ2n) is 6.64. The van der Waals surface area contributed by atoms with Crippen molar-refractivity contribution in [2.75, 3.05) is 0 Å². The lowest BCUT2D eigenvalue weighted by Crippen LogP contribution is -2.41. The molecule has 0 saturated heterocycles. The van der Waals surface area contributed by atoms with Gasteiger partial charge in [-0.15, -0.1) is 4.72 Å². The number of benzene rings is 1. The average Bonchev–Trinajstić information content (AvgIpc) is 3.00. The molecule has 1 N–H and O–H groups in total.